The predicted molar refractivity (Wildman–Crippen MR) is 49.2 cm³/mol. The fourth-order valence-corrected chi connectivity index (χ4v) is 1.43. The summed E-state index contributed by atoms with van der Waals surface area (Å²) in [7, 11) is 2.08. The van der Waals surface area contributed by atoms with Crippen molar-refractivity contribution in [2.75, 3.05) is 26.7 Å². The lowest BCUT2D eigenvalue weighted by molar-refractivity contribution is -0.118. The Kier molecular flexibility index (Phi) is 3.69. The highest BCUT2D eigenvalue weighted by molar-refractivity contribution is 5.86. The Labute approximate surface area is 74.1 Å². The summed E-state index contributed by atoms with van der Waals surface area (Å²) in [5.41, 5.74) is 0. The van der Waals surface area contributed by atoms with Crippen LogP contribution in [-0.4, -0.2) is 43.4 Å². The molecule has 1 aliphatic rings. The number of rotatable bonds is 4. The van der Waals surface area contributed by atoms with E-state index in [0.29, 0.717) is 5.78 Å². The van der Waals surface area contributed by atoms with Crippen LogP contribution in [-0.2, 0) is 4.79 Å². The molecule has 1 heterocycles. The quantitative estimate of drug-likeness (QED) is 0.657. The van der Waals surface area contributed by atoms with E-state index in [1.54, 1.807) is 0 Å². The van der Waals surface area contributed by atoms with Gasteiger partial charge in [0.05, 0.1) is 6.04 Å². The van der Waals surface area contributed by atoms with Gasteiger partial charge in [-0.1, -0.05) is 6.92 Å². The Balaban J connectivity index is 2.18. The number of ketones is 1. The van der Waals surface area contributed by atoms with Gasteiger partial charge < -0.3 is 10.2 Å². The van der Waals surface area contributed by atoms with Gasteiger partial charge in [-0.15, -0.1) is 0 Å². The Bertz CT molecular complexity index is 159. The zero-order valence-electron chi connectivity index (χ0n) is 7.97. The summed E-state index contributed by atoms with van der Waals surface area (Å²) in [6.45, 7) is 5.07. The maximum Gasteiger partial charge on any atom is 0.151 e. The topological polar surface area (TPSA) is 32.3 Å². The first-order valence-corrected chi connectivity index (χ1v) is 4.68. The molecule has 0 aromatic rings. The van der Waals surface area contributed by atoms with Gasteiger partial charge in [-0.2, -0.15) is 0 Å². The van der Waals surface area contributed by atoms with Gasteiger partial charge in [0.1, 0.15) is 0 Å². The Morgan fingerprint density at radius 1 is 1.67 bits per heavy atom. The van der Waals surface area contributed by atoms with Crippen LogP contribution in [0.5, 0.6) is 0 Å². The van der Waals surface area contributed by atoms with Gasteiger partial charge >= 0.3 is 0 Å². The molecule has 0 spiro atoms. The molecule has 0 aliphatic carbocycles. The number of carbonyl (C=O) groups excluding carboxylic acids is 1. The highest BCUT2D eigenvalue weighted by Gasteiger charge is 2.22. The third kappa shape index (κ3) is 2.57. The lowest BCUT2D eigenvalue weighted by Crippen LogP contribution is -2.32. The minimum Gasteiger partial charge on any atom is -0.307 e. The molecule has 3 heteroatoms. The van der Waals surface area contributed by atoms with E-state index in [4.69, 9.17) is 0 Å². The van der Waals surface area contributed by atoms with Crippen LogP contribution in [0.25, 0.3) is 0 Å². The molecule has 70 valence electrons. The van der Waals surface area contributed by atoms with Gasteiger partial charge in [-0.25, -0.2) is 0 Å². The first-order chi connectivity index (χ1) is 5.74. The van der Waals surface area contributed by atoms with Crippen LogP contribution in [0.3, 0.4) is 0 Å². The lowest BCUT2D eigenvalue weighted by Gasteiger charge is -2.16. The number of nitrogens with zero attached hydrogens (tertiary/aromatic N) is 1. The predicted octanol–water partition coefficient (Wildman–Crippen LogP) is 0.259. The van der Waals surface area contributed by atoms with Crippen molar-refractivity contribution < 1.29 is 4.79 Å². The van der Waals surface area contributed by atoms with Crippen LogP contribution in [0.4, 0.5) is 0 Å². The summed E-state index contributed by atoms with van der Waals surface area (Å²) in [4.78, 5) is 13.4. The molecule has 1 N–H and O–H groups in total. The molecule has 0 aromatic carbocycles. The molecule has 0 radical (unpaired) electrons. The molecular weight excluding hydrogens is 152 g/mol. The van der Waals surface area contributed by atoms with Crippen LogP contribution in [0, 0.1) is 0 Å². The van der Waals surface area contributed by atoms with E-state index in [1.807, 2.05) is 0 Å². The fraction of sp³-hybridized carbons (Fsp3) is 0.889. The maximum absolute atomic E-state index is 11.2. The Hall–Kier alpha value is -0.410. The first-order valence-electron chi connectivity index (χ1n) is 4.68. The fourth-order valence-electron chi connectivity index (χ4n) is 1.43. The molecule has 1 fully saturated rings. The first kappa shape index (κ1) is 9.68. The minimum absolute atomic E-state index is 0.138. The molecule has 3 nitrogen and oxygen atoms in total. The SMILES string of the molecule is CCN(C)CCC1NCCC1=O. The van der Waals surface area contributed by atoms with E-state index in [0.717, 1.165) is 32.5 Å². The van der Waals surface area contributed by atoms with Gasteiger partial charge in [0.25, 0.3) is 0 Å². The monoisotopic (exact) mass is 170 g/mol. The Morgan fingerprint density at radius 3 is 2.92 bits per heavy atom. The van der Waals surface area contributed by atoms with Crippen molar-refractivity contribution in [3.05, 3.63) is 0 Å². The molecule has 1 rings (SSSR count). The zero-order chi connectivity index (χ0) is 8.97. The lowest BCUT2D eigenvalue weighted by atomic mass is 10.1. The van der Waals surface area contributed by atoms with E-state index in [1.165, 1.54) is 0 Å². The minimum atomic E-state index is 0.138. The standard InChI is InChI=1S/C9H18N2O/c1-3-11(2)7-5-8-9(12)4-6-10-8/h8,10H,3-7H2,1-2H3. The zero-order valence-corrected chi connectivity index (χ0v) is 7.97. The van der Waals surface area contributed by atoms with Crippen LogP contribution in [0.15, 0.2) is 0 Å². The van der Waals surface area contributed by atoms with Crippen LogP contribution >= 0.6 is 0 Å². The summed E-state index contributed by atoms with van der Waals surface area (Å²) >= 11 is 0. The van der Waals surface area contributed by atoms with E-state index >= 15 is 0 Å². The number of nitrogens with one attached hydrogen (secondary N) is 1. The van der Waals surface area contributed by atoms with Gasteiger partial charge in [0.2, 0.25) is 0 Å². The molecule has 1 unspecified atom stereocenters. The van der Waals surface area contributed by atoms with Gasteiger partial charge in [-0.05, 0) is 26.6 Å². The van der Waals surface area contributed by atoms with E-state index < -0.39 is 0 Å². The van der Waals surface area contributed by atoms with Crippen molar-refractivity contribution in [1.82, 2.24) is 10.2 Å². The molecule has 1 atom stereocenters. The highest BCUT2D eigenvalue weighted by Crippen LogP contribution is 2.04. The van der Waals surface area contributed by atoms with Gasteiger partial charge in [-0.3, -0.25) is 4.79 Å². The van der Waals surface area contributed by atoms with Crippen LogP contribution in [0.1, 0.15) is 19.8 Å². The van der Waals surface area contributed by atoms with E-state index in [9.17, 15) is 4.79 Å². The third-order valence-corrected chi connectivity index (χ3v) is 2.49. The second-order valence-electron chi connectivity index (χ2n) is 3.41. The molecule has 0 saturated carbocycles. The van der Waals surface area contributed by atoms with Crippen LogP contribution in [0.2, 0.25) is 0 Å². The van der Waals surface area contributed by atoms with Crippen molar-refractivity contribution >= 4 is 5.78 Å². The number of hydrogen-bond acceptors (Lipinski definition) is 3. The summed E-state index contributed by atoms with van der Waals surface area (Å²) in [5.74, 6) is 0.388. The van der Waals surface area contributed by atoms with Crippen molar-refractivity contribution in [3.8, 4) is 0 Å². The third-order valence-electron chi connectivity index (χ3n) is 2.49. The molecule has 12 heavy (non-hydrogen) atoms. The summed E-state index contributed by atoms with van der Waals surface area (Å²) < 4.78 is 0. The molecule has 0 amide bonds. The normalized spacial score (nSPS) is 23.9. The summed E-state index contributed by atoms with van der Waals surface area (Å²) in [6, 6.07) is 0.138. The van der Waals surface area contributed by atoms with Crippen molar-refractivity contribution in [2.45, 2.75) is 25.8 Å². The summed E-state index contributed by atoms with van der Waals surface area (Å²) in [5, 5.41) is 3.21. The summed E-state index contributed by atoms with van der Waals surface area (Å²) in [6.07, 6.45) is 1.68. The maximum atomic E-state index is 11.2. The number of carbonyl (C=O) groups is 1. The van der Waals surface area contributed by atoms with Crippen LogP contribution < -0.4 is 5.32 Å². The number of Topliss-reactive ketones (excluding diaryl/α,β-unsaturated/α-hetero) is 1. The van der Waals surface area contributed by atoms with Gasteiger partial charge in [0, 0.05) is 13.0 Å². The van der Waals surface area contributed by atoms with Crippen molar-refractivity contribution in [1.29, 1.82) is 0 Å². The van der Waals surface area contributed by atoms with E-state index in [-0.39, 0.29) is 6.04 Å². The second kappa shape index (κ2) is 4.58. The second-order valence-corrected chi connectivity index (χ2v) is 3.41. The molecule has 0 bridgehead atoms. The van der Waals surface area contributed by atoms with Crippen molar-refractivity contribution in [2.24, 2.45) is 0 Å². The van der Waals surface area contributed by atoms with Crippen molar-refractivity contribution in [3.63, 3.8) is 0 Å². The number of hydrogen-bond donors (Lipinski definition) is 1. The highest BCUT2D eigenvalue weighted by atomic mass is 16.1. The smallest absolute Gasteiger partial charge is 0.151 e. The Morgan fingerprint density at radius 2 is 2.42 bits per heavy atom. The average molecular weight is 170 g/mol. The largest absolute Gasteiger partial charge is 0.307 e. The molecular formula is C9H18N2O. The molecule has 1 saturated heterocycles. The van der Waals surface area contributed by atoms with E-state index in [2.05, 4.69) is 24.2 Å². The van der Waals surface area contributed by atoms with Gasteiger partial charge in [0.15, 0.2) is 5.78 Å². The average Bonchev–Trinajstić information content (AvgIpc) is 2.47. The molecule has 1 aliphatic heterocycles. The molecule has 0 aromatic heterocycles.